The molecule has 1 aliphatic rings. The Kier molecular flexibility index (Phi) is 5.11. The molecule has 1 heterocycles. The predicted octanol–water partition coefficient (Wildman–Crippen LogP) is -0.0297. The minimum absolute atomic E-state index is 0.0600. The van der Waals surface area contributed by atoms with Crippen molar-refractivity contribution < 1.29 is 9.53 Å². The van der Waals surface area contributed by atoms with Crippen molar-refractivity contribution in [2.75, 3.05) is 25.6 Å². The van der Waals surface area contributed by atoms with Crippen molar-refractivity contribution in [3.05, 3.63) is 22.6 Å². The largest absolute Gasteiger partial charge is 0.385 e. The number of rotatable bonds is 8. The summed E-state index contributed by atoms with van der Waals surface area (Å²) in [5.41, 5.74) is 0.442. The van der Waals surface area contributed by atoms with Gasteiger partial charge < -0.3 is 15.4 Å². The Labute approximate surface area is 117 Å². The minimum Gasteiger partial charge on any atom is -0.385 e. The van der Waals surface area contributed by atoms with Gasteiger partial charge in [-0.25, -0.2) is 4.68 Å². The Morgan fingerprint density at radius 2 is 2.35 bits per heavy atom. The van der Waals surface area contributed by atoms with Crippen LogP contribution in [0, 0.1) is 0 Å². The third-order valence-corrected chi connectivity index (χ3v) is 2.96. The zero-order valence-corrected chi connectivity index (χ0v) is 11.6. The van der Waals surface area contributed by atoms with Gasteiger partial charge in [-0.1, -0.05) is 0 Å². The van der Waals surface area contributed by atoms with Crippen LogP contribution >= 0.6 is 0 Å². The van der Waals surface area contributed by atoms with Crippen molar-refractivity contribution in [2.45, 2.75) is 31.8 Å². The first-order valence-electron chi connectivity index (χ1n) is 6.78. The van der Waals surface area contributed by atoms with Crippen LogP contribution in [0.3, 0.4) is 0 Å². The van der Waals surface area contributed by atoms with E-state index < -0.39 is 0 Å². The van der Waals surface area contributed by atoms with Crippen molar-refractivity contribution in [1.82, 2.24) is 15.1 Å². The van der Waals surface area contributed by atoms with Crippen LogP contribution in [0.15, 0.2) is 17.1 Å². The number of nitrogens with one attached hydrogen (secondary N) is 2. The van der Waals surface area contributed by atoms with Gasteiger partial charge in [-0.05, 0) is 19.3 Å². The maximum Gasteiger partial charge on any atom is 0.269 e. The second kappa shape index (κ2) is 7.04. The number of carbonyl (C=O) groups is 1. The van der Waals surface area contributed by atoms with Gasteiger partial charge in [-0.3, -0.25) is 9.59 Å². The summed E-state index contributed by atoms with van der Waals surface area (Å²) in [7, 11) is 1.61. The highest BCUT2D eigenvalue weighted by Crippen LogP contribution is 2.23. The molecule has 7 heteroatoms. The summed E-state index contributed by atoms with van der Waals surface area (Å²) in [6, 6.07) is 1.94. The topological polar surface area (TPSA) is 85.2 Å². The summed E-state index contributed by atoms with van der Waals surface area (Å²) in [6.07, 6.45) is 4.59. The van der Waals surface area contributed by atoms with E-state index in [4.69, 9.17) is 4.74 Å². The number of nitrogens with zero attached hydrogens (tertiary/aromatic N) is 2. The number of carbonyl (C=O) groups excluding carboxylic acids is 1. The number of ether oxygens (including phenoxy) is 1. The van der Waals surface area contributed by atoms with Crippen molar-refractivity contribution >= 4 is 11.6 Å². The van der Waals surface area contributed by atoms with Crippen LogP contribution in [-0.2, 0) is 16.1 Å². The van der Waals surface area contributed by atoms with E-state index in [1.54, 1.807) is 13.3 Å². The summed E-state index contributed by atoms with van der Waals surface area (Å²) in [6.45, 7) is 1.07. The molecule has 2 rings (SSSR count). The van der Waals surface area contributed by atoms with Gasteiger partial charge in [0.15, 0.2) is 0 Å². The lowest BCUT2D eigenvalue weighted by atomic mass is 10.4. The third-order valence-electron chi connectivity index (χ3n) is 2.96. The molecule has 0 aliphatic heterocycles. The number of methoxy groups -OCH3 is 1. The summed E-state index contributed by atoms with van der Waals surface area (Å²) in [4.78, 5) is 23.4. The van der Waals surface area contributed by atoms with Crippen LogP contribution in [0.1, 0.15) is 19.3 Å². The molecule has 0 atom stereocenters. The first kappa shape index (κ1) is 14.5. The smallest absolute Gasteiger partial charge is 0.269 e. The molecule has 0 spiro atoms. The zero-order valence-electron chi connectivity index (χ0n) is 11.6. The Morgan fingerprint density at radius 1 is 1.55 bits per heavy atom. The predicted molar refractivity (Wildman–Crippen MR) is 74.6 cm³/mol. The molecule has 1 aromatic heterocycles. The standard InChI is InChI=1S/C13H20N4O3/c1-20-6-2-5-14-12(18)9-17-13(19)7-11(8-15-17)16-10-3-4-10/h7-8,10,16H,2-6,9H2,1H3,(H,14,18). The minimum atomic E-state index is -0.275. The van der Waals surface area contributed by atoms with E-state index >= 15 is 0 Å². The fraction of sp³-hybridized carbons (Fsp3) is 0.615. The average Bonchev–Trinajstić information content (AvgIpc) is 3.22. The maximum absolute atomic E-state index is 11.8. The van der Waals surface area contributed by atoms with Gasteiger partial charge in [-0.2, -0.15) is 5.10 Å². The molecule has 7 nitrogen and oxygen atoms in total. The van der Waals surface area contributed by atoms with Crippen molar-refractivity contribution in [3.8, 4) is 0 Å². The van der Waals surface area contributed by atoms with E-state index in [0.29, 0.717) is 24.9 Å². The lowest BCUT2D eigenvalue weighted by Crippen LogP contribution is -2.34. The van der Waals surface area contributed by atoms with E-state index in [1.807, 2.05) is 0 Å². The van der Waals surface area contributed by atoms with Gasteiger partial charge in [0.2, 0.25) is 5.91 Å². The first-order chi connectivity index (χ1) is 9.69. The molecule has 0 bridgehead atoms. The van der Waals surface area contributed by atoms with Gasteiger partial charge in [-0.15, -0.1) is 0 Å². The lowest BCUT2D eigenvalue weighted by molar-refractivity contribution is -0.121. The Morgan fingerprint density at radius 3 is 3.00 bits per heavy atom. The molecule has 1 aliphatic carbocycles. The molecule has 2 N–H and O–H groups in total. The van der Waals surface area contributed by atoms with Gasteiger partial charge in [0.05, 0.1) is 11.9 Å². The normalized spacial score (nSPS) is 14.1. The molecule has 0 unspecified atom stereocenters. The van der Waals surface area contributed by atoms with Gasteiger partial charge in [0.25, 0.3) is 5.56 Å². The summed E-state index contributed by atoms with van der Waals surface area (Å²) in [5, 5.41) is 9.91. The second-order valence-electron chi connectivity index (χ2n) is 4.86. The van der Waals surface area contributed by atoms with Crippen LogP contribution in [0.25, 0.3) is 0 Å². The van der Waals surface area contributed by atoms with Crippen LogP contribution in [-0.4, -0.2) is 42.0 Å². The number of hydrogen-bond donors (Lipinski definition) is 2. The lowest BCUT2D eigenvalue weighted by Gasteiger charge is -2.08. The van der Waals surface area contributed by atoms with Crippen LogP contribution < -0.4 is 16.2 Å². The summed E-state index contributed by atoms with van der Waals surface area (Å²) >= 11 is 0. The molecule has 0 aromatic carbocycles. The van der Waals surface area contributed by atoms with Gasteiger partial charge in [0, 0.05) is 32.4 Å². The van der Waals surface area contributed by atoms with Crippen LogP contribution in [0.5, 0.6) is 0 Å². The highest BCUT2D eigenvalue weighted by Gasteiger charge is 2.21. The molecular weight excluding hydrogens is 260 g/mol. The Balaban J connectivity index is 1.82. The average molecular weight is 280 g/mol. The monoisotopic (exact) mass is 280 g/mol. The van der Waals surface area contributed by atoms with E-state index in [9.17, 15) is 9.59 Å². The third kappa shape index (κ3) is 4.65. The Hall–Kier alpha value is -1.89. The molecule has 0 saturated heterocycles. The number of aromatic nitrogens is 2. The Bertz CT molecular complexity index is 511. The van der Waals surface area contributed by atoms with E-state index in [-0.39, 0.29) is 18.0 Å². The van der Waals surface area contributed by atoms with E-state index in [1.165, 1.54) is 6.07 Å². The molecular formula is C13H20N4O3. The fourth-order valence-electron chi connectivity index (χ4n) is 1.73. The highest BCUT2D eigenvalue weighted by molar-refractivity contribution is 5.75. The molecule has 110 valence electrons. The summed E-state index contributed by atoms with van der Waals surface area (Å²) in [5.74, 6) is -0.224. The molecule has 20 heavy (non-hydrogen) atoms. The van der Waals surface area contributed by atoms with E-state index in [2.05, 4.69) is 15.7 Å². The number of hydrogen-bond acceptors (Lipinski definition) is 5. The second-order valence-corrected chi connectivity index (χ2v) is 4.86. The van der Waals surface area contributed by atoms with Crippen LogP contribution in [0.2, 0.25) is 0 Å². The van der Waals surface area contributed by atoms with Crippen molar-refractivity contribution in [2.24, 2.45) is 0 Å². The van der Waals surface area contributed by atoms with E-state index in [0.717, 1.165) is 23.9 Å². The quantitative estimate of drug-likeness (QED) is 0.653. The van der Waals surface area contributed by atoms with Crippen molar-refractivity contribution in [3.63, 3.8) is 0 Å². The molecule has 1 saturated carbocycles. The van der Waals surface area contributed by atoms with Crippen molar-refractivity contribution in [1.29, 1.82) is 0 Å². The zero-order chi connectivity index (χ0) is 14.4. The molecule has 1 fully saturated rings. The van der Waals surface area contributed by atoms with Gasteiger partial charge in [0.1, 0.15) is 6.54 Å². The maximum atomic E-state index is 11.8. The highest BCUT2D eigenvalue weighted by atomic mass is 16.5. The number of anilines is 1. The molecule has 0 radical (unpaired) electrons. The molecule has 1 aromatic rings. The first-order valence-corrected chi connectivity index (χ1v) is 6.78. The number of amides is 1. The van der Waals surface area contributed by atoms with Gasteiger partial charge >= 0.3 is 0 Å². The fourth-order valence-corrected chi connectivity index (χ4v) is 1.73. The summed E-state index contributed by atoms with van der Waals surface area (Å²) < 4.78 is 6.04. The van der Waals surface area contributed by atoms with Crippen LogP contribution in [0.4, 0.5) is 5.69 Å². The SMILES string of the molecule is COCCCNC(=O)Cn1ncc(NC2CC2)cc1=O. The molecule has 1 amide bonds.